The summed E-state index contributed by atoms with van der Waals surface area (Å²) in [5.74, 6) is 0.236. The first kappa shape index (κ1) is 12.8. The van der Waals surface area contributed by atoms with Gasteiger partial charge in [-0.15, -0.1) is 0 Å². The molecule has 1 aliphatic heterocycles. The van der Waals surface area contributed by atoms with E-state index in [0.29, 0.717) is 0 Å². The minimum Gasteiger partial charge on any atom is -0.294 e. The molecule has 0 N–H and O–H groups in total. The summed E-state index contributed by atoms with van der Waals surface area (Å²) in [5, 5.41) is 0. The van der Waals surface area contributed by atoms with E-state index in [4.69, 9.17) is 0 Å². The van der Waals surface area contributed by atoms with Gasteiger partial charge in [-0.2, -0.15) is 0 Å². The molecule has 0 radical (unpaired) electrons. The van der Waals surface area contributed by atoms with Crippen LogP contribution in [0.5, 0.6) is 0 Å². The molecule has 3 heteroatoms. The third-order valence-corrected chi connectivity index (χ3v) is 3.98. The molecule has 1 fully saturated rings. The molecular formula is C14H18BrNO. The number of ketones is 1. The third-order valence-electron chi connectivity index (χ3n) is 3.45. The molecule has 17 heavy (non-hydrogen) atoms. The van der Waals surface area contributed by atoms with Crippen molar-refractivity contribution < 1.29 is 4.79 Å². The van der Waals surface area contributed by atoms with Gasteiger partial charge in [-0.05, 0) is 45.0 Å². The Kier molecular flexibility index (Phi) is 4.35. The molecule has 92 valence electrons. The fourth-order valence-electron chi connectivity index (χ4n) is 2.33. The molecule has 0 aliphatic carbocycles. The van der Waals surface area contributed by atoms with E-state index >= 15 is 0 Å². The molecule has 1 aromatic carbocycles. The van der Waals surface area contributed by atoms with Gasteiger partial charge in [0.25, 0.3) is 0 Å². The standard InChI is InChI=1S/C14H18BrNO/c1-11(16-9-3-2-4-10-16)14(17)12-5-7-13(15)8-6-12/h5-8,11H,2-4,9-10H2,1H3. The van der Waals surface area contributed by atoms with Gasteiger partial charge in [0.1, 0.15) is 0 Å². The van der Waals surface area contributed by atoms with Crippen LogP contribution >= 0.6 is 15.9 Å². The van der Waals surface area contributed by atoms with Crippen LogP contribution in [-0.2, 0) is 0 Å². The Morgan fingerprint density at radius 1 is 1.18 bits per heavy atom. The highest BCUT2D eigenvalue weighted by atomic mass is 79.9. The molecule has 0 aromatic heterocycles. The number of Topliss-reactive ketones (excluding diaryl/α,β-unsaturated/α-hetero) is 1. The topological polar surface area (TPSA) is 20.3 Å². The number of hydrogen-bond acceptors (Lipinski definition) is 2. The second-order valence-electron chi connectivity index (χ2n) is 4.64. The van der Waals surface area contributed by atoms with Crippen molar-refractivity contribution in [3.8, 4) is 0 Å². The van der Waals surface area contributed by atoms with Crippen LogP contribution in [0.2, 0.25) is 0 Å². The summed E-state index contributed by atoms with van der Waals surface area (Å²) < 4.78 is 1.01. The summed E-state index contributed by atoms with van der Waals surface area (Å²) in [6, 6.07) is 7.66. The van der Waals surface area contributed by atoms with Gasteiger partial charge >= 0.3 is 0 Å². The maximum absolute atomic E-state index is 12.3. The maximum atomic E-state index is 12.3. The predicted octanol–water partition coefficient (Wildman–Crippen LogP) is 3.51. The van der Waals surface area contributed by atoms with E-state index in [2.05, 4.69) is 20.8 Å². The molecule has 2 nitrogen and oxygen atoms in total. The molecule has 0 saturated carbocycles. The molecule has 2 rings (SSSR count). The van der Waals surface area contributed by atoms with Gasteiger partial charge in [0.15, 0.2) is 5.78 Å². The first-order valence-electron chi connectivity index (χ1n) is 6.22. The quantitative estimate of drug-likeness (QED) is 0.796. The van der Waals surface area contributed by atoms with Gasteiger partial charge in [0, 0.05) is 10.0 Å². The minimum atomic E-state index is 0.0106. The summed E-state index contributed by atoms with van der Waals surface area (Å²) in [6.45, 7) is 4.14. The van der Waals surface area contributed by atoms with Crippen LogP contribution in [0, 0.1) is 0 Å². The zero-order valence-corrected chi connectivity index (χ0v) is 11.7. The summed E-state index contributed by atoms with van der Waals surface area (Å²) in [4.78, 5) is 14.6. The summed E-state index contributed by atoms with van der Waals surface area (Å²) >= 11 is 3.39. The Bertz CT molecular complexity index is 382. The Hall–Kier alpha value is -0.670. The van der Waals surface area contributed by atoms with Gasteiger partial charge in [-0.1, -0.05) is 34.5 Å². The van der Waals surface area contributed by atoms with Crippen molar-refractivity contribution in [2.45, 2.75) is 32.2 Å². The lowest BCUT2D eigenvalue weighted by Crippen LogP contribution is -2.42. The number of likely N-dealkylation sites (tertiary alicyclic amines) is 1. The lowest BCUT2D eigenvalue weighted by Gasteiger charge is -2.31. The monoisotopic (exact) mass is 295 g/mol. The molecule has 1 unspecified atom stereocenters. The van der Waals surface area contributed by atoms with E-state index in [0.717, 1.165) is 23.1 Å². The average molecular weight is 296 g/mol. The van der Waals surface area contributed by atoms with E-state index in [1.165, 1.54) is 19.3 Å². The van der Waals surface area contributed by atoms with Crippen LogP contribution in [0.25, 0.3) is 0 Å². The van der Waals surface area contributed by atoms with Crippen molar-refractivity contribution in [2.75, 3.05) is 13.1 Å². The average Bonchev–Trinajstić information content (AvgIpc) is 2.39. The lowest BCUT2D eigenvalue weighted by atomic mass is 10.0. The second kappa shape index (κ2) is 5.78. The molecule has 0 spiro atoms. The van der Waals surface area contributed by atoms with Crippen LogP contribution in [0.1, 0.15) is 36.5 Å². The third kappa shape index (κ3) is 3.17. The zero-order chi connectivity index (χ0) is 12.3. The summed E-state index contributed by atoms with van der Waals surface area (Å²) in [7, 11) is 0. The smallest absolute Gasteiger partial charge is 0.179 e. The Morgan fingerprint density at radius 3 is 2.35 bits per heavy atom. The first-order chi connectivity index (χ1) is 8.18. The molecular weight excluding hydrogens is 278 g/mol. The van der Waals surface area contributed by atoms with E-state index < -0.39 is 0 Å². The van der Waals surface area contributed by atoms with Crippen LogP contribution in [0.3, 0.4) is 0 Å². The number of carbonyl (C=O) groups is 1. The Labute approximate surface area is 111 Å². The number of nitrogens with zero attached hydrogens (tertiary/aromatic N) is 1. The van der Waals surface area contributed by atoms with Crippen molar-refractivity contribution in [2.24, 2.45) is 0 Å². The lowest BCUT2D eigenvalue weighted by molar-refractivity contribution is 0.0809. The summed E-state index contributed by atoms with van der Waals surface area (Å²) in [5.41, 5.74) is 0.811. The largest absolute Gasteiger partial charge is 0.294 e. The van der Waals surface area contributed by atoms with Crippen molar-refractivity contribution in [3.63, 3.8) is 0 Å². The van der Waals surface area contributed by atoms with Crippen LogP contribution in [-0.4, -0.2) is 29.8 Å². The van der Waals surface area contributed by atoms with Crippen LogP contribution < -0.4 is 0 Å². The Morgan fingerprint density at radius 2 is 1.76 bits per heavy atom. The molecule has 0 amide bonds. The highest BCUT2D eigenvalue weighted by molar-refractivity contribution is 9.10. The van der Waals surface area contributed by atoms with Crippen molar-refractivity contribution in [1.82, 2.24) is 4.90 Å². The number of carbonyl (C=O) groups excluding carboxylic acids is 1. The number of benzene rings is 1. The van der Waals surface area contributed by atoms with Gasteiger partial charge in [-0.25, -0.2) is 0 Å². The van der Waals surface area contributed by atoms with Gasteiger partial charge in [0.2, 0.25) is 0 Å². The zero-order valence-electron chi connectivity index (χ0n) is 10.2. The molecule has 1 atom stereocenters. The molecule has 0 bridgehead atoms. The van der Waals surface area contributed by atoms with Gasteiger partial charge in [-0.3, -0.25) is 9.69 Å². The van der Waals surface area contributed by atoms with Crippen LogP contribution in [0.15, 0.2) is 28.7 Å². The van der Waals surface area contributed by atoms with Gasteiger partial charge < -0.3 is 0 Å². The van der Waals surface area contributed by atoms with E-state index in [9.17, 15) is 4.79 Å². The fraction of sp³-hybridized carbons (Fsp3) is 0.500. The number of halogens is 1. The second-order valence-corrected chi connectivity index (χ2v) is 5.56. The molecule has 1 aliphatic rings. The van der Waals surface area contributed by atoms with Crippen LogP contribution in [0.4, 0.5) is 0 Å². The number of rotatable bonds is 3. The minimum absolute atomic E-state index is 0.0106. The van der Waals surface area contributed by atoms with Crippen molar-refractivity contribution >= 4 is 21.7 Å². The van der Waals surface area contributed by atoms with E-state index in [-0.39, 0.29) is 11.8 Å². The highest BCUT2D eigenvalue weighted by Gasteiger charge is 2.23. The van der Waals surface area contributed by atoms with Crippen molar-refractivity contribution in [3.05, 3.63) is 34.3 Å². The number of hydrogen-bond donors (Lipinski definition) is 0. The maximum Gasteiger partial charge on any atom is 0.179 e. The molecule has 1 aromatic rings. The Balaban J connectivity index is 2.05. The van der Waals surface area contributed by atoms with Crippen molar-refractivity contribution in [1.29, 1.82) is 0 Å². The normalized spacial score (nSPS) is 18.9. The highest BCUT2D eigenvalue weighted by Crippen LogP contribution is 2.17. The SMILES string of the molecule is CC(C(=O)c1ccc(Br)cc1)N1CCCCC1. The van der Waals surface area contributed by atoms with Gasteiger partial charge in [0.05, 0.1) is 6.04 Å². The number of piperidine rings is 1. The van der Waals surface area contributed by atoms with E-state index in [1.807, 2.05) is 31.2 Å². The summed E-state index contributed by atoms with van der Waals surface area (Å²) in [6.07, 6.45) is 3.74. The molecule has 1 heterocycles. The van der Waals surface area contributed by atoms with E-state index in [1.54, 1.807) is 0 Å². The predicted molar refractivity (Wildman–Crippen MR) is 73.4 cm³/mol. The molecule has 1 saturated heterocycles. The first-order valence-corrected chi connectivity index (χ1v) is 7.01. The fourth-order valence-corrected chi connectivity index (χ4v) is 2.59.